The van der Waals surface area contributed by atoms with Crippen LogP contribution in [0.1, 0.15) is 19.0 Å². The van der Waals surface area contributed by atoms with E-state index in [9.17, 15) is 0 Å². The normalized spacial score (nSPS) is 11.5. The second-order valence-corrected chi connectivity index (χ2v) is 3.30. The number of nitrogens with zero attached hydrogens (tertiary/aromatic N) is 2. The van der Waals surface area contributed by atoms with Gasteiger partial charge in [0.15, 0.2) is 5.82 Å². The number of ether oxygens (including phenoxy) is 1. The van der Waals surface area contributed by atoms with Crippen LogP contribution in [0.3, 0.4) is 0 Å². The molecular weight excluding hydrogens is 263 g/mol. The van der Waals surface area contributed by atoms with Crippen LogP contribution in [0.15, 0.2) is 12.3 Å². The number of hydrogen-bond donors (Lipinski definition) is 2. The van der Waals surface area contributed by atoms with E-state index in [-0.39, 0.29) is 30.9 Å². The smallest absolute Gasteiger partial charge is 0.257 e. The van der Waals surface area contributed by atoms with Gasteiger partial charge in [-0.1, -0.05) is 6.08 Å². The Kier molecular flexibility index (Phi) is 9.74. The van der Waals surface area contributed by atoms with Crippen LogP contribution in [-0.4, -0.2) is 23.1 Å². The molecule has 5 nitrogen and oxygen atoms in total. The molecular formula is C10H18Cl2N4O. The van der Waals surface area contributed by atoms with Crippen molar-refractivity contribution < 1.29 is 4.74 Å². The van der Waals surface area contributed by atoms with Crippen molar-refractivity contribution in [2.45, 2.75) is 19.4 Å². The second-order valence-electron chi connectivity index (χ2n) is 3.30. The zero-order chi connectivity index (χ0) is 11.3. The van der Waals surface area contributed by atoms with E-state index in [4.69, 9.17) is 16.2 Å². The Hall–Kier alpha value is -1.04. The fourth-order valence-corrected chi connectivity index (χ4v) is 1.03. The second kappa shape index (κ2) is 9.04. The summed E-state index contributed by atoms with van der Waals surface area (Å²) >= 11 is 0. The lowest BCUT2D eigenvalue weighted by Gasteiger charge is -2.02. The molecule has 0 saturated carbocycles. The fraction of sp³-hybridized carbons (Fsp3) is 0.400. The first-order chi connectivity index (χ1) is 7.13. The first kappa shape index (κ1) is 18.3. The summed E-state index contributed by atoms with van der Waals surface area (Å²) < 4.78 is 4.96. The van der Waals surface area contributed by atoms with E-state index in [0.717, 1.165) is 6.42 Å². The highest BCUT2D eigenvalue weighted by Crippen LogP contribution is 2.14. The lowest BCUT2D eigenvalue weighted by Crippen LogP contribution is -2.12. The molecule has 98 valence electrons. The molecule has 0 saturated heterocycles. The van der Waals surface area contributed by atoms with Crippen molar-refractivity contribution in [3.8, 4) is 5.88 Å². The van der Waals surface area contributed by atoms with Crippen molar-refractivity contribution >= 4 is 36.7 Å². The van der Waals surface area contributed by atoms with Crippen LogP contribution in [0.25, 0.3) is 6.08 Å². The van der Waals surface area contributed by atoms with Gasteiger partial charge in [0.1, 0.15) is 0 Å². The predicted octanol–water partition coefficient (Wildman–Crippen LogP) is 1.66. The van der Waals surface area contributed by atoms with Crippen molar-refractivity contribution in [2.75, 3.05) is 12.8 Å². The third-order valence-corrected chi connectivity index (χ3v) is 1.78. The van der Waals surface area contributed by atoms with Crippen molar-refractivity contribution in [1.82, 2.24) is 9.97 Å². The van der Waals surface area contributed by atoms with Crippen molar-refractivity contribution in [2.24, 2.45) is 5.73 Å². The largest absolute Gasteiger partial charge is 0.478 e. The molecule has 0 unspecified atom stereocenters. The van der Waals surface area contributed by atoms with Crippen LogP contribution in [0.4, 0.5) is 5.82 Å². The number of rotatable bonds is 4. The van der Waals surface area contributed by atoms with Gasteiger partial charge in [-0.3, -0.25) is 0 Å². The van der Waals surface area contributed by atoms with Gasteiger partial charge in [0.25, 0.3) is 5.88 Å². The molecule has 0 aliphatic heterocycles. The van der Waals surface area contributed by atoms with E-state index in [1.165, 1.54) is 7.11 Å². The SMILES string of the molecule is COc1nc(/C=C/C[C@H](C)N)cnc1N.Cl.Cl. The number of methoxy groups -OCH3 is 1. The Morgan fingerprint density at radius 1 is 1.47 bits per heavy atom. The first-order valence-electron chi connectivity index (χ1n) is 4.72. The number of nitrogen functional groups attached to an aromatic ring is 1. The Balaban J connectivity index is 0. The molecule has 1 heterocycles. The van der Waals surface area contributed by atoms with Gasteiger partial charge in [-0.25, -0.2) is 9.97 Å². The summed E-state index contributed by atoms with van der Waals surface area (Å²) in [6, 6.07) is 0.143. The Labute approximate surface area is 113 Å². The Morgan fingerprint density at radius 2 is 2.12 bits per heavy atom. The molecule has 1 rings (SSSR count). The van der Waals surface area contributed by atoms with Crippen LogP contribution in [0.5, 0.6) is 5.88 Å². The summed E-state index contributed by atoms with van der Waals surface area (Å²) in [7, 11) is 1.51. The third-order valence-electron chi connectivity index (χ3n) is 1.78. The maximum atomic E-state index is 5.60. The van der Waals surface area contributed by atoms with Crippen LogP contribution < -0.4 is 16.2 Å². The van der Waals surface area contributed by atoms with Crippen LogP contribution in [0, 0.1) is 0 Å². The standard InChI is InChI=1S/C10H16N4O.2ClH/c1-7(11)4-3-5-8-6-13-9(12)10(14-8)15-2;;/h3,5-7H,4,11H2,1-2H3,(H2,12,13);2*1H/b5-3+;;/t7-;;/m0../s1. The topological polar surface area (TPSA) is 87.0 Å². The van der Waals surface area contributed by atoms with Crippen LogP contribution in [0.2, 0.25) is 0 Å². The van der Waals surface area contributed by atoms with E-state index < -0.39 is 0 Å². The molecule has 1 aromatic heterocycles. The van der Waals surface area contributed by atoms with Gasteiger partial charge in [0.2, 0.25) is 0 Å². The summed E-state index contributed by atoms with van der Waals surface area (Å²) in [5.74, 6) is 0.639. The fourth-order valence-electron chi connectivity index (χ4n) is 1.03. The quantitative estimate of drug-likeness (QED) is 0.876. The summed E-state index contributed by atoms with van der Waals surface area (Å²) in [6.45, 7) is 1.94. The van der Waals surface area contributed by atoms with E-state index >= 15 is 0 Å². The van der Waals surface area contributed by atoms with E-state index in [2.05, 4.69) is 9.97 Å². The number of aromatic nitrogens is 2. The Morgan fingerprint density at radius 3 is 2.65 bits per heavy atom. The lowest BCUT2D eigenvalue weighted by atomic mass is 10.2. The van der Waals surface area contributed by atoms with E-state index in [1.807, 2.05) is 19.1 Å². The van der Waals surface area contributed by atoms with Gasteiger partial charge >= 0.3 is 0 Å². The molecule has 0 aliphatic rings. The van der Waals surface area contributed by atoms with Crippen LogP contribution in [-0.2, 0) is 0 Å². The predicted molar refractivity (Wildman–Crippen MR) is 74.8 cm³/mol. The highest BCUT2D eigenvalue weighted by molar-refractivity contribution is 5.85. The van der Waals surface area contributed by atoms with Gasteiger partial charge in [0, 0.05) is 6.04 Å². The van der Waals surface area contributed by atoms with Gasteiger partial charge in [0.05, 0.1) is 19.0 Å². The highest BCUT2D eigenvalue weighted by Gasteiger charge is 2.01. The average molecular weight is 281 g/mol. The van der Waals surface area contributed by atoms with Gasteiger partial charge < -0.3 is 16.2 Å². The monoisotopic (exact) mass is 280 g/mol. The van der Waals surface area contributed by atoms with Crippen molar-refractivity contribution in [3.63, 3.8) is 0 Å². The molecule has 17 heavy (non-hydrogen) atoms. The van der Waals surface area contributed by atoms with Gasteiger partial charge in [-0.05, 0) is 19.4 Å². The highest BCUT2D eigenvalue weighted by atomic mass is 35.5. The molecule has 4 N–H and O–H groups in total. The maximum absolute atomic E-state index is 5.60. The van der Waals surface area contributed by atoms with E-state index in [1.54, 1.807) is 6.20 Å². The molecule has 1 atom stereocenters. The zero-order valence-electron chi connectivity index (χ0n) is 9.79. The minimum Gasteiger partial charge on any atom is -0.478 e. The maximum Gasteiger partial charge on any atom is 0.257 e. The molecule has 0 bridgehead atoms. The molecule has 0 aliphatic carbocycles. The lowest BCUT2D eigenvalue weighted by molar-refractivity contribution is 0.398. The summed E-state index contributed by atoms with van der Waals surface area (Å²) in [5, 5.41) is 0. The zero-order valence-corrected chi connectivity index (χ0v) is 11.4. The van der Waals surface area contributed by atoms with E-state index in [0.29, 0.717) is 17.4 Å². The number of nitrogens with two attached hydrogens (primary N) is 2. The third kappa shape index (κ3) is 6.31. The van der Waals surface area contributed by atoms with Crippen molar-refractivity contribution in [1.29, 1.82) is 0 Å². The molecule has 0 radical (unpaired) electrons. The van der Waals surface area contributed by atoms with Crippen molar-refractivity contribution in [3.05, 3.63) is 18.0 Å². The Bertz CT molecular complexity index is 358. The molecule has 0 amide bonds. The minimum absolute atomic E-state index is 0. The van der Waals surface area contributed by atoms with Crippen LogP contribution >= 0.6 is 24.8 Å². The molecule has 0 aromatic carbocycles. The molecule has 0 spiro atoms. The minimum atomic E-state index is 0. The van der Waals surface area contributed by atoms with Gasteiger partial charge in [-0.15, -0.1) is 24.8 Å². The average Bonchev–Trinajstić information content (AvgIpc) is 2.20. The molecule has 7 heteroatoms. The summed E-state index contributed by atoms with van der Waals surface area (Å²) in [5.41, 5.74) is 11.8. The number of halogens is 2. The summed E-state index contributed by atoms with van der Waals surface area (Å²) in [4.78, 5) is 8.11. The first-order valence-corrected chi connectivity index (χ1v) is 4.72. The molecule has 0 fully saturated rings. The number of hydrogen-bond acceptors (Lipinski definition) is 5. The van der Waals surface area contributed by atoms with Gasteiger partial charge in [-0.2, -0.15) is 0 Å². The number of anilines is 1. The summed E-state index contributed by atoms with van der Waals surface area (Å²) in [6.07, 6.45) is 6.19. The molecule has 1 aromatic rings.